The number of aromatic amines is 1. The molecule has 0 saturated heterocycles. The zero-order chi connectivity index (χ0) is 14.2. The van der Waals surface area contributed by atoms with Crippen molar-refractivity contribution in [2.75, 3.05) is 6.61 Å². The maximum absolute atomic E-state index is 11.7. The molecule has 2 aromatic rings. The molecule has 1 aromatic heterocycles. The van der Waals surface area contributed by atoms with Crippen LogP contribution < -0.4 is 0 Å². The molecule has 0 bridgehead atoms. The first-order valence-electron chi connectivity index (χ1n) is 5.28. The van der Waals surface area contributed by atoms with E-state index in [9.17, 15) is 14.9 Å². The maximum Gasteiger partial charge on any atom is 0.362 e. The average molecular weight is 303 g/mol. The lowest BCUT2D eigenvalue weighted by molar-refractivity contribution is -0.383. The summed E-state index contributed by atoms with van der Waals surface area (Å²) in [5.74, 6) is -0.794. The second kappa shape index (κ2) is 5.07. The van der Waals surface area contributed by atoms with Gasteiger partial charge in [-0.05, 0) is 19.1 Å². The van der Waals surface area contributed by atoms with Gasteiger partial charge in [0.2, 0.25) is 5.69 Å². The van der Waals surface area contributed by atoms with Gasteiger partial charge in [0, 0.05) is 0 Å². The van der Waals surface area contributed by atoms with E-state index >= 15 is 0 Å². The molecule has 2 rings (SSSR count). The number of hydrogen-bond acceptors (Lipinski definition) is 4. The lowest BCUT2D eigenvalue weighted by atomic mass is 10.2. The third-order valence-electron chi connectivity index (χ3n) is 2.47. The Morgan fingerprint density at radius 1 is 1.42 bits per heavy atom. The Morgan fingerprint density at radius 3 is 2.63 bits per heavy atom. The van der Waals surface area contributed by atoms with Crippen molar-refractivity contribution in [2.45, 2.75) is 6.92 Å². The number of nitro groups is 1. The molecular weight excluding hydrogens is 295 g/mol. The fourth-order valence-electron chi connectivity index (χ4n) is 1.72. The first kappa shape index (κ1) is 13.6. The van der Waals surface area contributed by atoms with Gasteiger partial charge in [-0.25, -0.2) is 4.79 Å². The van der Waals surface area contributed by atoms with Crippen LogP contribution in [0.15, 0.2) is 12.1 Å². The highest BCUT2D eigenvalue weighted by Gasteiger charge is 2.28. The quantitative estimate of drug-likeness (QED) is 0.533. The first-order chi connectivity index (χ1) is 8.95. The molecule has 19 heavy (non-hydrogen) atoms. The Balaban J connectivity index is 2.74. The highest BCUT2D eigenvalue weighted by Crippen LogP contribution is 2.35. The molecule has 0 amide bonds. The fraction of sp³-hybridized carbons (Fsp3) is 0.182. The van der Waals surface area contributed by atoms with Gasteiger partial charge in [-0.2, -0.15) is 0 Å². The number of halogens is 2. The van der Waals surface area contributed by atoms with E-state index < -0.39 is 10.9 Å². The number of hydrogen-bond donors (Lipinski definition) is 1. The molecule has 6 nitrogen and oxygen atoms in total. The van der Waals surface area contributed by atoms with Gasteiger partial charge in [-0.1, -0.05) is 23.2 Å². The Labute approximate surface area is 117 Å². The largest absolute Gasteiger partial charge is 0.461 e. The van der Waals surface area contributed by atoms with Crippen molar-refractivity contribution >= 4 is 45.8 Å². The number of carbonyl (C=O) groups is 1. The second-order valence-electron chi connectivity index (χ2n) is 3.64. The number of nitrogens with one attached hydrogen (secondary N) is 1. The summed E-state index contributed by atoms with van der Waals surface area (Å²) in [6, 6.07) is 2.77. The van der Waals surface area contributed by atoms with Crippen LogP contribution in [0.3, 0.4) is 0 Å². The normalized spacial score (nSPS) is 10.7. The smallest absolute Gasteiger partial charge is 0.362 e. The number of rotatable bonds is 3. The Bertz CT molecular complexity index is 681. The van der Waals surface area contributed by atoms with Gasteiger partial charge in [-0.15, -0.1) is 0 Å². The summed E-state index contributed by atoms with van der Waals surface area (Å²) in [6.45, 7) is 1.73. The van der Waals surface area contributed by atoms with E-state index in [4.69, 9.17) is 27.9 Å². The molecule has 0 saturated carbocycles. The summed E-state index contributed by atoms with van der Waals surface area (Å²) in [6.07, 6.45) is 0. The molecule has 1 N–H and O–H groups in total. The number of carbonyl (C=O) groups excluding carboxylic acids is 1. The van der Waals surface area contributed by atoms with Crippen molar-refractivity contribution < 1.29 is 14.5 Å². The molecule has 8 heteroatoms. The van der Waals surface area contributed by atoms with E-state index in [1.54, 1.807) is 6.92 Å². The van der Waals surface area contributed by atoms with Gasteiger partial charge < -0.3 is 9.72 Å². The average Bonchev–Trinajstić information content (AvgIpc) is 2.68. The Hall–Kier alpha value is -1.79. The van der Waals surface area contributed by atoms with Gasteiger partial charge >= 0.3 is 11.7 Å². The third kappa shape index (κ3) is 2.36. The minimum Gasteiger partial charge on any atom is -0.461 e. The van der Waals surface area contributed by atoms with Gasteiger partial charge in [0.1, 0.15) is 0 Å². The summed E-state index contributed by atoms with van der Waals surface area (Å²) < 4.78 is 4.77. The maximum atomic E-state index is 11.7. The van der Waals surface area contributed by atoms with Crippen molar-refractivity contribution in [1.82, 2.24) is 4.98 Å². The summed E-state index contributed by atoms with van der Waals surface area (Å²) in [7, 11) is 0. The zero-order valence-electron chi connectivity index (χ0n) is 9.70. The van der Waals surface area contributed by atoms with Crippen LogP contribution in [0, 0.1) is 10.1 Å². The van der Waals surface area contributed by atoms with Crippen molar-refractivity contribution in [2.24, 2.45) is 0 Å². The molecule has 100 valence electrons. The van der Waals surface area contributed by atoms with Crippen LogP contribution >= 0.6 is 23.2 Å². The van der Waals surface area contributed by atoms with Gasteiger partial charge in [0.15, 0.2) is 0 Å². The minimum absolute atomic E-state index is 0.118. The SMILES string of the molecule is CCOC(=O)c1[nH]c2cc(Cl)c(Cl)cc2c1[N+](=O)[O-]. The number of esters is 1. The van der Waals surface area contributed by atoms with E-state index in [0.717, 1.165) is 0 Å². The summed E-state index contributed by atoms with van der Waals surface area (Å²) in [5, 5.41) is 11.7. The number of nitrogens with zero attached hydrogens (tertiary/aromatic N) is 1. The summed E-state index contributed by atoms with van der Waals surface area (Å²) >= 11 is 11.7. The van der Waals surface area contributed by atoms with Crippen LogP contribution in [0.4, 0.5) is 5.69 Å². The van der Waals surface area contributed by atoms with Crippen molar-refractivity contribution in [1.29, 1.82) is 0 Å². The predicted molar refractivity (Wildman–Crippen MR) is 70.9 cm³/mol. The lowest BCUT2D eigenvalue weighted by Gasteiger charge is -1.98. The van der Waals surface area contributed by atoms with E-state index in [-0.39, 0.29) is 33.4 Å². The number of benzene rings is 1. The lowest BCUT2D eigenvalue weighted by Crippen LogP contribution is -2.07. The second-order valence-corrected chi connectivity index (χ2v) is 4.45. The number of aromatic nitrogens is 1. The van der Waals surface area contributed by atoms with Gasteiger partial charge in [-0.3, -0.25) is 10.1 Å². The molecular formula is C11H8Cl2N2O4. The highest BCUT2D eigenvalue weighted by molar-refractivity contribution is 6.43. The minimum atomic E-state index is -0.794. The topological polar surface area (TPSA) is 85.2 Å². The summed E-state index contributed by atoms with van der Waals surface area (Å²) in [4.78, 5) is 24.8. The molecule has 1 aromatic carbocycles. The van der Waals surface area contributed by atoms with Crippen molar-refractivity contribution in [3.8, 4) is 0 Å². The first-order valence-corrected chi connectivity index (χ1v) is 6.03. The van der Waals surface area contributed by atoms with E-state index in [1.807, 2.05) is 0 Å². The third-order valence-corrected chi connectivity index (χ3v) is 3.20. The number of fused-ring (bicyclic) bond motifs is 1. The van der Waals surface area contributed by atoms with Crippen molar-refractivity contribution in [3.05, 3.63) is 38.0 Å². The predicted octanol–water partition coefficient (Wildman–Crippen LogP) is 3.56. The van der Waals surface area contributed by atoms with Crippen LogP contribution in [-0.4, -0.2) is 22.5 Å². The van der Waals surface area contributed by atoms with E-state index in [2.05, 4.69) is 4.98 Å². The fourth-order valence-corrected chi connectivity index (χ4v) is 2.04. The Morgan fingerprint density at radius 2 is 2.05 bits per heavy atom. The molecule has 0 atom stereocenters. The summed E-state index contributed by atoms with van der Waals surface area (Å²) in [5.41, 5.74) is -0.239. The Kier molecular flexibility index (Phi) is 3.64. The molecule has 0 aliphatic rings. The standard InChI is InChI=1S/C11H8Cl2N2O4/c1-2-19-11(16)9-10(15(17)18)5-3-6(12)7(13)4-8(5)14-9/h3-4,14H,2H2,1H3. The zero-order valence-corrected chi connectivity index (χ0v) is 11.2. The molecule has 0 aliphatic carbocycles. The van der Waals surface area contributed by atoms with Gasteiger partial charge in [0.25, 0.3) is 0 Å². The van der Waals surface area contributed by atoms with Crippen LogP contribution in [-0.2, 0) is 4.74 Å². The highest BCUT2D eigenvalue weighted by atomic mass is 35.5. The molecule has 0 spiro atoms. The van der Waals surface area contributed by atoms with Crippen LogP contribution in [0.25, 0.3) is 10.9 Å². The molecule has 0 unspecified atom stereocenters. The van der Waals surface area contributed by atoms with E-state index in [0.29, 0.717) is 5.52 Å². The van der Waals surface area contributed by atoms with Crippen LogP contribution in [0.2, 0.25) is 10.0 Å². The molecule has 1 heterocycles. The molecule has 0 radical (unpaired) electrons. The van der Waals surface area contributed by atoms with E-state index in [1.165, 1.54) is 12.1 Å². The van der Waals surface area contributed by atoms with Crippen LogP contribution in [0.5, 0.6) is 0 Å². The van der Waals surface area contributed by atoms with Gasteiger partial charge in [0.05, 0.1) is 32.5 Å². The molecule has 0 aliphatic heterocycles. The van der Waals surface area contributed by atoms with Crippen LogP contribution in [0.1, 0.15) is 17.4 Å². The number of ether oxygens (including phenoxy) is 1. The monoisotopic (exact) mass is 302 g/mol. The molecule has 0 fully saturated rings. The van der Waals surface area contributed by atoms with Crippen molar-refractivity contribution in [3.63, 3.8) is 0 Å². The number of H-pyrrole nitrogens is 1.